The summed E-state index contributed by atoms with van der Waals surface area (Å²) in [5.74, 6) is -1.35. The average molecular weight is 409 g/mol. The van der Waals surface area contributed by atoms with Gasteiger partial charge in [-0.3, -0.25) is 14.7 Å². The number of para-hydroxylation sites is 3. The van der Waals surface area contributed by atoms with Crippen LogP contribution in [-0.4, -0.2) is 34.2 Å². The minimum atomic E-state index is -1.08. The van der Waals surface area contributed by atoms with Crippen molar-refractivity contribution >= 4 is 40.4 Å². The molecule has 4 aromatic rings. The summed E-state index contributed by atoms with van der Waals surface area (Å²) in [6.07, 6.45) is 4.01. The number of aromatic amines is 1. The number of carboxylic acid groups (broad SMARTS) is 1. The fraction of sp³-hybridized carbons (Fsp3) is 0.0800. The summed E-state index contributed by atoms with van der Waals surface area (Å²) in [7, 11) is 0. The van der Waals surface area contributed by atoms with Crippen LogP contribution in [0.5, 0.6) is 0 Å². The van der Waals surface area contributed by atoms with Crippen molar-refractivity contribution in [2.75, 3.05) is 4.90 Å². The molecule has 31 heavy (non-hydrogen) atoms. The van der Waals surface area contributed by atoms with Crippen molar-refractivity contribution in [1.82, 2.24) is 4.98 Å². The molecule has 0 unspecified atom stereocenters. The van der Waals surface area contributed by atoms with E-state index in [1.54, 1.807) is 24.4 Å². The zero-order chi connectivity index (χ0) is 21.4. The van der Waals surface area contributed by atoms with Gasteiger partial charge in [0.15, 0.2) is 0 Å². The lowest BCUT2D eigenvalue weighted by atomic mass is 10.0. The minimum absolute atomic E-state index is 0.0680. The smallest absolute Gasteiger partial charge is 0.337 e. The quantitative estimate of drug-likeness (QED) is 0.518. The molecule has 2 heterocycles. The molecular formula is C25H19N3O3. The number of benzodiazepines with no additional fused rings is 1. The Morgan fingerprint density at radius 2 is 1.68 bits per heavy atom. The molecule has 6 heteroatoms. The molecular weight excluding hydrogens is 390 g/mol. The molecule has 1 aliphatic rings. The largest absolute Gasteiger partial charge is 0.478 e. The van der Waals surface area contributed by atoms with Crippen LogP contribution in [-0.2, 0) is 11.2 Å². The molecule has 1 aliphatic heterocycles. The molecule has 5 rings (SSSR count). The summed E-state index contributed by atoms with van der Waals surface area (Å²) in [6.45, 7) is 0. The van der Waals surface area contributed by atoms with Crippen molar-refractivity contribution in [3.63, 3.8) is 0 Å². The van der Waals surface area contributed by atoms with Crippen LogP contribution in [0.4, 0.5) is 11.4 Å². The Balaban J connectivity index is 1.62. The number of aliphatic imine (C=N–C) groups is 1. The van der Waals surface area contributed by atoms with E-state index in [-0.39, 0.29) is 11.5 Å². The maximum absolute atomic E-state index is 13.8. The Morgan fingerprint density at radius 3 is 2.52 bits per heavy atom. The third-order valence-electron chi connectivity index (χ3n) is 5.54. The normalized spacial score (nSPS) is 15.7. The Bertz CT molecular complexity index is 1340. The van der Waals surface area contributed by atoms with Gasteiger partial charge in [-0.25, -0.2) is 4.79 Å². The fourth-order valence-corrected chi connectivity index (χ4v) is 4.05. The van der Waals surface area contributed by atoms with Gasteiger partial charge in [0, 0.05) is 35.3 Å². The Morgan fingerprint density at radius 1 is 0.968 bits per heavy atom. The van der Waals surface area contributed by atoms with E-state index < -0.39 is 12.0 Å². The summed E-state index contributed by atoms with van der Waals surface area (Å²) in [6, 6.07) is 21.2. The van der Waals surface area contributed by atoms with Crippen LogP contribution in [0.25, 0.3) is 10.9 Å². The molecule has 1 atom stereocenters. The van der Waals surface area contributed by atoms with E-state index in [9.17, 15) is 14.7 Å². The van der Waals surface area contributed by atoms with Gasteiger partial charge >= 0.3 is 5.97 Å². The second-order valence-corrected chi connectivity index (χ2v) is 7.41. The standard InChI is InChI=1S/C25H19N3O3/c29-24-21(13-17-15-26-20-10-4-2-8-18(17)20)27-14-16-7-1-5-11-22(16)28(24)23-12-6-3-9-19(23)25(30)31/h1-12,14-15,21,26H,13H2,(H,30,31)/t21-/m1/s1. The van der Waals surface area contributed by atoms with Gasteiger partial charge < -0.3 is 10.1 Å². The number of carboxylic acids is 1. The van der Waals surface area contributed by atoms with Gasteiger partial charge in [0.05, 0.1) is 16.9 Å². The van der Waals surface area contributed by atoms with Gasteiger partial charge in [-0.15, -0.1) is 0 Å². The molecule has 1 amide bonds. The van der Waals surface area contributed by atoms with Crippen molar-refractivity contribution in [1.29, 1.82) is 0 Å². The summed E-state index contributed by atoms with van der Waals surface area (Å²) >= 11 is 0. The third kappa shape index (κ3) is 3.28. The number of rotatable bonds is 4. The van der Waals surface area contributed by atoms with Crippen LogP contribution in [0.15, 0.2) is 84.0 Å². The van der Waals surface area contributed by atoms with E-state index >= 15 is 0 Å². The number of anilines is 2. The Labute approximate surface area is 178 Å². The number of H-pyrrole nitrogens is 1. The van der Waals surface area contributed by atoms with E-state index in [1.807, 2.05) is 54.7 Å². The number of hydrogen-bond acceptors (Lipinski definition) is 3. The van der Waals surface area contributed by atoms with E-state index in [4.69, 9.17) is 0 Å². The SMILES string of the molecule is O=C(O)c1ccccc1N1C(=O)[C@@H](Cc2c[nH]c3ccccc23)N=Cc2ccccc21. The number of nitrogens with one attached hydrogen (secondary N) is 1. The molecule has 2 N–H and O–H groups in total. The number of aromatic carboxylic acids is 1. The van der Waals surface area contributed by atoms with E-state index in [0.29, 0.717) is 17.8 Å². The van der Waals surface area contributed by atoms with Crippen molar-refractivity contribution in [2.45, 2.75) is 12.5 Å². The van der Waals surface area contributed by atoms with Crippen LogP contribution >= 0.6 is 0 Å². The predicted molar refractivity (Wildman–Crippen MR) is 120 cm³/mol. The fourth-order valence-electron chi connectivity index (χ4n) is 4.05. The van der Waals surface area contributed by atoms with Gasteiger partial charge in [0.25, 0.3) is 5.91 Å². The lowest BCUT2D eigenvalue weighted by Gasteiger charge is -2.26. The van der Waals surface area contributed by atoms with Crippen LogP contribution in [0.2, 0.25) is 0 Å². The zero-order valence-electron chi connectivity index (χ0n) is 16.5. The first-order chi connectivity index (χ1) is 15.1. The second-order valence-electron chi connectivity index (χ2n) is 7.41. The number of nitrogens with zero attached hydrogens (tertiary/aromatic N) is 2. The van der Waals surface area contributed by atoms with Crippen LogP contribution in [0.1, 0.15) is 21.5 Å². The van der Waals surface area contributed by atoms with Gasteiger partial charge in [-0.2, -0.15) is 0 Å². The maximum Gasteiger partial charge on any atom is 0.337 e. The Kier molecular flexibility index (Phi) is 4.59. The number of aromatic nitrogens is 1. The number of hydrogen-bond donors (Lipinski definition) is 2. The highest BCUT2D eigenvalue weighted by Gasteiger charge is 2.32. The van der Waals surface area contributed by atoms with Crippen molar-refractivity contribution < 1.29 is 14.7 Å². The van der Waals surface area contributed by atoms with Crippen molar-refractivity contribution in [2.24, 2.45) is 4.99 Å². The van der Waals surface area contributed by atoms with Gasteiger partial charge in [0.1, 0.15) is 6.04 Å². The summed E-state index contributed by atoms with van der Waals surface area (Å²) in [5.41, 5.74) is 3.77. The molecule has 0 fully saturated rings. The highest BCUT2D eigenvalue weighted by atomic mass is 16.4. The average Bonchev–Trinajstić information content (AvgIpc) is 3.14. The maximum atomic E-state index is 13.8. The molecule has 0 saturated carbocycles. The van der Waals surface area contributed by atoms with Gasteiger partial charge in [-0.1, -0.05) is 48.5 Å². The third-order valence-corrected chi connectivity index (χ3v) is 5.54. The molecule has 1 aromatic heterocycles. The minimum Gasteiger partial charge on any atom is -0.478 e. The zero-order valence-corrected chi connectivity index (χ0v) is 16.5. The molecule has 6 nitrogen and oxygen atoms in total. The first kappa shape index (κ1) is 18.8. The summed E-state index contributed by atoms with van der Waals surface area (Å²) in [4.78, 5) is 35.0. The molecule has 0 radical (unpaired) electrons. The first-order valence-corrected chi connectivity index (χ1v) is 9.97. The van der Waals surface area contributed by atoms with Crippen LogP contribution in [0.3, 0.4) is 0 Å². The molecule has 0 spiro atoms. The number of amides is 1. The molecule has 3 aromatic carbocycles. The van der Waals surface area contributed by atoms with E-state index in [0.717, 1.165) is 22.0 Å². The molecule has 152 valence electrons. The molecule has 0 saturated heterocycles. The summed E-state index contributed by atoms with van der Waals surface area (Å²) in [5, 5.41) is 10.8. The monoisotopic (exact) mass is 409 g/mol. The van der Waals surface area contributed by atoms with Gasteiger partial charge in [-0.05, 0) is 29.8 Å². The van der Waals surface area contributed by atoms with Crippen LogP contribution in [0, 0.1) is 0 Å². The predicted octanol–water partition coefficient (Wildman–Crippen LogP) is 4.57. The first-order valence-electron chi connectivity index (χ1n) is 9.97. The van der Waals surface area contributed by atoms with Crippen molar-refractivity contribution in [3.8, 4) is 0 Å². The second kappa shape index (κ2) is 7.57. The van der Waals surface area contributed by atoms with Crippen LogP contribution < -0.4 is 4.90 Å². The van der Waals surface area contributed by atoms with Crippen molar-refractivity contribution in [3.05, 3.63) is 95.7 Å². The summed E-state index contributed by atoms with van der Waals surface area (Å²) < 4.78 is 0. The molecule has 0 aliphatic carbocycles. The number of fused-ring (bicyclic) bond motifs is 2. The highest BCUT2D eigenvalue weighted by Crippen LogP contribution is 2.34. The number of carbonyl (C=O) groups excluding carboxylic acids is 1. The van der Waals surface area contributed by atoms with E-state index in [1.165, 1.54) is 11.0 Å². The Hall–Kier alpha value is -4.19. The number of benzene rings is 3. The lowest BCUT2D eigenvalue weighted by molar-refractivity contribution is -0.119. The van der Waals surface area contributed by atoms with Gasteiger partial charge in [0.2, 0.25) is 0 Å². The molecule has 0 bridgehead atoms. The highest BCUT2D eigenvalue weighted by molar-refractivity contribution is 6.12. The topological polar surface area (TPSA) is 85.8 Å². The lowest BCUT2D eigenvalue weighted by Crippen LogP contribution is -2.36. The van der Waals surface area contributed by atoms with E-state index in [2.05, 4.69) is 9.98 Å². The number of carbonyl (C=O) groups is 2.